The summed E-state index contributed by atoms with van der Waals surface area (Å²) < 4.78 is 0. The fourth-order valence-electron chi connectivity index (χ4n) is 6.05. The Balaban J connectivity index is 1.40. The second-order valence-corrected chi connectivity index (χ2v) is 12.3. The number of nitrogens with zero attached hydrogens (tertiary/aromatic N) is 1. The summed E-state index contributed by atoms with van der Waals surface area (Å²) in [6.07, 6.45) is 0.558. The molecule has 10 heteroatoms. The topological polar surface area (TPSA) is 168 Å². The van der Waals surface area contributed by atoms with Crippen molar-refractivity contribution in [2.24, 2.45) is 11.5 Å². The van der Waals surface area contributed by atoms with E-state index in [-0.39, 0.29) is 31.6 Å². The molecule has 4 aromatic rings. The van der Waals surface area contributed by atoms with Crippen molar-refractivity contribution in [3.63, 3.8) is 0 Å². The summed E-state index contributed by atoms with van der Waals surface area (Å²) in [5.41, 5.74) is 16.4. The number of nitrogens with one attached hydrogen (secondary N) is 2. The molecule has 248 valence electrons. The molecule has 1 aliphatic heterocycles. The fraction of sp³-hybridized carbons (Fsp3) is 0.263. The lowest BCUT2D eigenvalue weighted by atomic mass is 9.89. The third kappa shape index (κ3) is 8.26. The molecule has 0 saturated heterocycles. The Bertz CT molecular complexity index is 1730. The molecule has 0 unspecified atom stereocenters. The molecule has 0 fully saturated rings. The average molecular weight is 648 g/mol. The summed E-state index contributed by atoms with van der Waals surface area (Å²) in [5.74, 6) is -2.51. The number of rotatable bonds is 12. The minimum atomic E-state index is -1.07. The fourth-order valence-corrected chi connectivity index (χ4v) is 6.05. The van der Waals surface area contributed by atoms with Crippen LogP contribution in [0.25, 0.3) is 0 Å². The molecule has 4 aromatic carbocycles. The summed E-state index contributed by atoms with van der Waals surface area (Å²) in [4.78, 5) is 56.0. The van der Waals surface area contributed by atoms with E-state index in [1.807, 2.05) is 91.9 Å². The summed E-state index contributed by atoms with van der Waals surface area (Å²) in [5, 5.41) is 15.4. The van der Waals surface area contributed by atoms with Crippen molar-refractivity contribution in [3.8, 4) is 5.75 Å². The number of fused-ring (bicyclic) bond motifs is 1. The van der Waals surface area contributed by atoms with E-state index in [0.29, 0.717) is 0 Å². The highest BCUT2D eigenvalue weighted by atomic mass is 16.3. The number of carbonyl (C=O) groups excluding carboxylic acids is 4. The lowest BCUT2D eigenvalue weighted by Crippen LogP contribution is -2.60. The van der Waals surface area contributed by atoms with Gasteiger partial charge in [0.15, 0.2) is 0 Å². The van der Waals surface area contributed by atoms with Gasteiger partial charge in [0, 0.05) is 31.7 Å². The zero-order valence-electron chi connectivity index (χ0n) is 26.8. The van der Waals surface area contributed by atoms with Crippen molar-refractivity contribution in [2.45, 2.75) is 62.8 Å². The molecule has 1 aliphatic rings. The molecular weight excluding hydrogens is 606 g/mol. The summed E-state index contributed by atoms with van der Waals surface area (Å²) in [6.45, 7) is 1.99. The van der Waals surface area contributed by atoms with Crippen LogP contribution in [0.5, 0.6) is 5.75 Å². The maximum absolute atomic E-state index is 14.2. The molecule has 0 radical (unpaired) electrons. The van der Waals surface area contributed by atoms with E-state index in [0.717, 1.165) is 27.8 Å². The normalized spacial score (nSPS) is 16.5. The van der Waals surface area contributed by atoms with Gasteiger partial charge in [-0.2, -0.15) is 0 Å². The molecule has 10 nitrogen and oxygen atoms in total. The van der Waals surface area contributed by atoms with Crippen LogP contribution >= 0.6 is 0 Å². The van der Waals surface area contributed by atoms with Crippen LogP contribution in [0.1, 0.15) is 40.7 Å². The van der Waals surface area contributed by atoms with Crippen molar-refractivity contribution >= 4 is 23.6 Å². The first-order valence-electron chi connectivity index (χ1n) is 16.0. The van der Waals surface area contributed by atoms with Crippen molar-refractivity contribution in [1.29, 1.82) is 0 Å². The van der Waals surface area contributed by atoms with Gasteiger partial charge in [-0.25, -0.2) is 0 Å². The molecule has 1 heterocycles. The molecule has 0 aliphatic carbocycles. The molecule has 5 rings (SSSR count). The first kappa shape index (κ1) is 33.9. The number of hydrogen-bond acceptors (Lipinski definition) is 6. The van der Waals surface area contributed by atoms with Gasteiger partial charge in [0.25, 0.3) is 0 Å². The largest absolute Gasteiger partial charge is 0.508 e. The Hall–Kier alpha value is -5.48. The third-order valence-corrected chi connectivity index (χ3v) is 8.94. The van der Waals surface area contributed by atoms with Crippen LogP contribution in [0.4, 0.5) is 0 Å². The van der Waals surface area contributed by atoms with Crippen LogP contribution in [-0.4, -0.2) is 57.8 Å². The van der Waals surface area contributed by atoms with Crippen molar-refractivity contribution < 1.29 is 24.3 Å². The molecule has 0 aromatic heterocycles. The number of primary amides is 1. The lowest BCUT2D eigenvalue weighted by molar-refractivity contribution is -0.144. The molecular formula is C38H41N5O5. The van der Waals surface area contributed by atoms with Gasteiger partial charge in [0.2, 0.25) is 23.6 Å². The minimum absolute atomic E-state index is 0.103. The van der Waals surface area contributed by atoms with E-state index in [1.54, 1.807) is 12.1 Å². The number of nitrogens with two attached hydrogens (primary N) is 2. The first-order valence-corrected chi connectivity index (χ1v) is 16.0. The van der Waals surface area contributed by atoms with Crippen LogP contribution in [-0.2, 0) is 45.0 Å². The Morgan fingerprint density at radius 1 is 0.771 bits per heavy atom. The quantitative estimate of drug-likeness (QED) is 0.159. The Kier molecular flexibility index (Phi) is 10.9. The van der Waals surface area contributed by atoms with Gasteiger partial charge in [-0.05, 0) is 39.9 Å². The van der Waals surface area contributed by atoms with E-state index >= 15 is 0 Å². The molecule has 7 N–H and O–H groups in total. The van der Waals surface area contributed by atoms with E-state index in [1.165, 1.54) is 17.0 Å². The Labute approximate surface area is 280 Å². The number of phenolic OH excluding ortho intramolecular Hbond substituents is 1. The zero-order valence-corrected chi connectivity index (χ0v) is 26.8. The van der Waals surface area contributed by atoms with Crippen molar-refractivity contribution in [2.75, 3.05) is 0 Å². The summed E-state index contributed by atoms with van der Waals surface area (Å²) in [7, 11) is 0. The van der Waals surface area contributed by atoms with E-state index < -0.39 is 53.7 Å². The Morgan fingerprint density at radius 3 is 1.90 bits per heavy atom. The van der Waals surface area contributed by atoms with Crippen molar-refractivity contribution in [3.05, 3.63) is 137 Å². The number of hydrogen-bond donors (Lipinski definition) is 5. The number of amides is 4. The van der Waals surface area contributed by atoms with Gasteiger partial charge >= 0.3 is 0 Å². The molecule has 48 heavy (non-hydrogen) atoms. The number of carbonyl (C=O) groups is 4. The van der Waals surface area contributed by atoms with Gasteiger partial charge in [-0.15, -0.1) is 0 Å². The van der Waals surface area contributed by atoms with Gasteiger partial charge in [-0.3, -0.25) is 19.2 Å². The summed E-state index contributed by atoms with van der Waals surface area (Å²) in [6, 6.07) is 28.5. The highest BCUT2D eigenvalue weighted by molar-refractivity contribution is 5.95. The third-order valence-electron chi connectivity index (χ3n) is 8.94. The van der Waals surface area contributed by atoms with Gasteiger partial charge in [0.05, 0.1) is 6.04 Å². The molecule has 0 spiro atoms. The van der Waals surface area contributed by atoms with Crippen LogP contribution in [0.3, 0.4) is 0 Å². The molecule has 0 bridgehead atoms. The second-order valence-electron chi connectivity index (χ2n) is 12.3. The van der Waals surface area contributed by atoms with E-state index in [2.05, 4.69) is 10.6 Å². The van der Waals surface area contributed by atoms with Crippen LogP contribution in [0.2, 0.25) is 0 Å². The minimum Gasteiger partial charge on any atom is -0.508 e. The molecule has 4 amide bonds. The zero-order chi connectivity index (χ0) is 34.2. The number of phenols is 1. The highest BCUT2D eigenvalue weighted by Gasteiger charge is 2.39. The van der Waals surface area contributed by atoms with Crippen LogP contribution in [0.15, 0.2) is 109 Å². The van der Waals surface area contributed by atoms with Crippen LogP contribution < -0.4 is 22.1 Å². The summed E-state index contributed by atoms with van der Waals surface area (Å²) >= 11 is 0. The number of aromatic hydroxyl groups is 1. The number of benzene rings is 4. The molecule has 5 atom stereocenters. The van der Waals surface area contributed by atoms with E-state index in [4.69, 9.17) is 11.5 Å². The predicted octanol–water partition coefficient (Wildman–Crippen LogP) is 2.72. The van der Waals surface area contributed by atoms with Gasteiger partial charge < -0.3 is 32.1 Å². The second kappa shape index (κ2) is 15.4. The van der Waals surface area contributed by atoms with Gasteiger partial charge in [0.1, 0.15) is 23.9 Å². The SMILES string of the molecule is C[C@H](c1ccc(O)cc1)[C@@H](N)C(=O)N1Cc2ccccc2C[C@H]1C(=O)N[C@@H](Cc1ccccc1)C(=O)N[C@@H](Cc1ccccc1)C(N)=O. The smallest absolute Gasteiger partial charge is 0.243 e. The van der Waals surface area contributed by atoms with Crippen LogP contribution in [0, 0.1) is 0 Å². The Morgan fingerprint density at radius 2 is 1.31 bits per heavy atom. The predicted molar refractivity (Wildman–Crippen MR) is 182 cm³/mol. The lowest BCUT2D eigenvalue weighted by Gasteiger charge is -2.39. The van der Waals surface area contributed by atoms with Crippen molar-refractivity contribution in [1.82, 2.24) is 15.5 Å². The maximum Gasteiger partial charge on any atom is 0.243 e. The standard InChI is InChI=1S/C38H41N5O5/c1-24(27-16-18-30(44)19-17-27)34(39)38(48)43-23-29-15-9-8-14-28(29)22-33(43)37(47)42-32(21-26-12-6-3-7-13-26)36(46)41-31(35(40)45)20-25-10-4-2-5-11-25/h2-19,24,31-34,44H,20-23,39H2,1H3,(H2,40,45)(H,41,46)(H,42,47)/t24-,31+,32+,33+,34-/m1/s1. The van der Waals surface area contributed by atoms with E-state index in [9.17, 15) is 24.3 Å². The molecule has 0 saturated carbocycles. The average Bonchev–Trinajstić information content (AvgIpc) is 3.10. The monoisotopic (exact) mass is 647 g/mol. The highest BCUT2D eigenvalue weighted by Crippen LogP contribution is 2.28. The van der Waals surface area contributed by atoms with Gasteiger partial charge in [-0.1, -0.05) is 104 Å². The first-order chi connectivity index (χ1) is 23.1. The maximum atomic E-state index is 14.2.